The maximum atomic E-state index is 15.5. The summed E-state index contributed by atoms with van der Waals surface area (Å²) in [5, 5.41) is -0.0659. The predicted molar refractivity (Wildman–Crippen MR) is 153 cm³/mol. The molecule has 2 bridgehead atoms. The van der Waals surface area contributed by atoms with E-state index in [1.807, 2.05) is 12.1 Å². The Hall–Kier alpha value is -2.45. The highest BCUT2D eigenvalue weighted by Gasteiger charge is 2.51. The molecule has 0 spiro atoms. The molecule has 2 heterocycles. The number of hydroxylamine groups is 1. The number of carbonyl (C=O) groups excluding carboxylic acids is 2. The van der Waals surface area contributed by atoms with Crippen LogP contribution in [0, 0.1) is 5.82 Å². The highest BCUT2D eigenvalue weighted by molar-refractivity contribution is 7.90. The van der Waals surface area contributed by atoms with Gasteiger partial charge in [-0.3, -0.25) is 14.6 Å². The molecule has 0 unspecified atom stereocenters. The summed E-state index contributed by atoms with van der Waals surface area (Å²) in [5.41, 5.74) is 1.50. The van der Waals surface area contributed by atoms with E-state index in [0.29, 0.717) is 27.7 Å². The third-order valence-electron chi connectivity index (χ3n) is 8.85. The molecule has 2 aliphatic heterocycles. The van der Waals surface area contributed by atoms with Crippen molar-refractivity contribution in [3.63, 3.8) is 0 Å². The van der Waals surface area contributed by atoms with Crippen LogP contribution in [0.2, 0.25) is 10.0 Å². The number of fused-ring (bicyclic) bond motifs is 2. The van der Waals surface area contributed by atoms with Gasteiger partial charge < -0.3 is 4.84 Å². The number of nitrogens with zero attached hydrogens (tertiary/aromatic N) is 3. The Morgan fingerprint density at radius 1 is 1.02 bits per heavy atom. The smallest absolute Gasteiger partial charge is 0.314 e. The second-order valence-electron chi connectivity index (χ2n) is 12.0. The summed E-state index contributed by atoms with van der Waals surface area (Å²) in [5.74, 6) is -5.68. The highest BCUT2D eigenvalue weighted by Crippen LogP contribution is 2.45. The van der Waals surface area contributed by atoms with E-state index in [9.17, 15) is 31.2 Å². The highest BCUT2D eigenvalue weighted by atomic mass is 35.5. The SMILES string of the molecule is C[C@@H](c1cc(Cl)cc(Cl)c1)N1C[C@@H]2C[C@H]1CN2Cc1cc(F)c(C(=O)N(OC(=O)C(F)(F)F)S(=O)(=O)C2CC2)cc1C1CC1. The van der Waals surface area contributed by atoms with E-state index < -0.39 is 49.2 Å². The van der Waals surface area contributed by atoms with E-state index in [4.69, 9.17) is 23.2 Å². The topological polar surface area (TPSA) is 87.2 Å². The normalized spacial score (nSPS) is 23.2. The summed E-state index contributed by atoms with van der Waals surface area (Å²) in [4.78, 5) is 33.5. The van der Waals surface area contributed by atoms with E-state index in [2.05, 4.69) is 21.6 Å². The van der Waals surface area contributed by atoms with Gasteiger partial charge in [-0.25, -0.2) is 17.6 Å². The quantitative estimate of drug-likeness (QED) is 0.251. The van der Waals surface area contributed by atoms with Gasteiger partial charge in [-0.1, -0.05) is 27.7 Å². The first kappa shape index (κ1) is 31.5. The lowest BCUT2D eigenvalue weighted by Crippen LogP contribution is -2.46. The third kappa shape index (κ3) is 6.18. The maximum Gasteiger partial charge on any atom is 0.493 e. The molecule has 6 rings (SSSR count). The number of carbonyl (C=O) groups is 2. The lowest BCUT2D eigenvalue weighted by atomic mass is 9.98. The van der Waals surface area contributed by atoms with Gasteiger partial charge in [-0.05, 0) is 92.0 Å². The number of sulfonamides is 1. The molecule has 15 heteroatoms. The minimum atomic E-state index is -5.57. The molecule has 4 fully saturated rings. The molecular formula is C29H29Cl2F4N3O5S. The van der Waals surface area contributed by atoms with Crippen molar-refractivity contribution >= 4 is 45.1 Å². The van der Waals surface area contributed by atoms with Gasteiger partial charge in [0.25, 0.3) is 10.0 Å². The first-order chi connectivity index (χ1) is 20.6. The van der Waals surface area contributed by atoms with Crippen LogP contribution in [0.15, 0.2) is 30.3 Å². The Labute approximate surface area is 261 Å². The molecule has 2 saturated carbocycles. The monoisotopic (exact) mass is 677 g/mol. The Balaban J connectivity index is 1.22. The average Bonchev–Trinajstić information content (AvgIpc) is 3.87. The van der Waals surface area contributed by atoms with Crippen molar-refractivity contribution in [1.29, 1.82) is 0 Å². The van der Waals surface area contributed by atoms with Crippen LogP contribution in [-0.2, 0) is 26.2 Å². The first-order valence-corrected chi connectivity index (χ1v) is 16.5. The molecule has 2 aromatic rings. The zero-order valence-electron chi connectivity index (χ0n) is 23.5. The van der Waals surface area contributed by atoms with Gasteiger partial charge in [0.15, 0.2) is 0 Å². The van der Waals surface area contributed by atoms with Crippen molar-refractivity contribution in [2.45, 2.75) is 81.0 Å². The summed E-state index contributed by atoms with van der Waals surface area (Å²) < 4.78 is 79.3. The molecule has 238 valence electrons. The summed E-state index contributed by atoms with van der Waals surface area (Å²) in [7, 11) is -4.79. The largest absolute Gasteiger partial charge is 0.493 e. The van der Waals surface area contributed by atoms with Crippen LogP contribution in [0.1, 0.15) is 78.0 Å². The molecular weight excluding hydrogens is 649 g/mol. The van der Waals surface area contributed by atoms with Crippen molar-refractivity contribution in [3.05, 3.63) is 68.4 Å². The average molecular weight is 679 g/mol. The fourth-order valence-electron chi connectivity index (χ4n) is 6.32. The maximum absolute atomic E-state index is 15.5. The lowest BCUT2D eigenvalue weighted by molar-refractivity contribution is -0.217. The molecule has 4 aliphatic rings. The number of benzene rings is 2. The second-order valence-corrected chi connectivity index (χ2v) is 14.9. The standard InChI is InChI=1S/C29H29Cl2F4N3O5S/c1-15(17-6-19(30)9-20(31)7-17)37-14-21-10-22(37)13-36(21)12-18-8-26(32)25(11-24(18)16-2-3-16)27(39)38(43-28(40)29(33,34)35)44(41,42)23-4-5-23/h6-9,11,15-16,21-23H,2-5,10,12-14H2,1H3/t15-,21-,22-/m0/s1. The number of halogens is 6. The van der Waals surface area contributed by atoms with E-state index >= 15 is 4.39 Å². The molecule has 0 N–H and O–H groups in total. The predicted octanol–water partition coefficient (Wildman–Crippen LogP) is 5.98. The van der Waals surface area contributed by atoms with Crippen LogP contribution in [0.4, 0.5) is 17.6 Å². The molecule has 2 aromatic carbocycles. The van der Waals surface area contributed by atoms with E-state index in [0.717, 1.165) is 44.0 Å². The van der Waals surface area contributed by atoms with Crippen molar-refractivity contribution in [2.75, 3.05) is 13.1 Å². The minimum absolute atomic E-state index is 0.00717. The molecule has 2 saturated heterocycles. The molecule has 0 radical (unpaired) electrons. The van der Waals surface area contributed by atoms with E-state index in [1.54, 1.807) is 6.07 Å². The fraction of sp³-hybridized carbons (Fsp3) is 0.517. The van der Waals surface area contributed by atoms with Crippen LogP contribution in [0.5, 0.6) is 0 Å². The zero-order chi connectivity index (χ0) is 31.7. The zero-order valence-corrected chi connectivity index (χ0v) is 25.8. The Kier molecular flexibility index (Phi) is 8.18. The van der Waals surface area contributed by atoms with E-state index in [-0.39, 0.29) is 36.9 Å². The number of amides is 1. The van der Waals surface area contributed by atoms with Crippen LogP contribution in [0.25, 0.3) is 0 Å². The van der Waals surface area contributed by atoms with Crippen LogP contribution >= 0.6 is 23.2 Å². The lowest BCUT2D eigenvalue weighted by Gasteiger charge is -2.38. The van der Waals surface area contributed by atoms with Crippen molar-refractivity contribution in [2.24, 2.45) is 0 Å². The summed E-state index contributed by atoms with van der Waals surface area (Å²) in [6.45, 7) is 3.97. The Morgan fingerprint density at radius 2 is 1.68 bits per heavy atom. The number of piperazine rings is 1. The van der Waals surface area contributed by atoms with Crippen LogP contribution in [-0.4, -0.2) is 71.2 Å². The number of alkyl halides is 3. The van der Waals surface area contributed by atoms with Gasteiger partial charge in [0.1, 0.15) is 5.82 Å². The summed E-state index contributed by atoms with van der Waals surface area (Å²) in [6, 6.07) is 8.34. The number of hydrogen-bond donors (Lipinski definition) is 0. The Bertz CT molecular complexity index is 1600. The van der Waals surface area contributed by atoms with Gasteiger partial charge in [-0.2, -0.15) is 13.2 Å². The van der Waals surface area contributed by atoms with Crippen LogP contribution in [0.3, 0.4) is 0 Å². The van der Waals surface area contributed by atoms with Crippen molar-refractivity contribution in [1.82, 2.24) is 14.3 Å². The number of rotatable bonds is 8. The molecule has 1 amide bonds. The number of hydrogen-bond acceptors (Lipinski definition) is 7. The fourth-order valence-corrected chi connectivity index (χ4v) is 8.36. The second kappa shape index (κ2) is 11.4. The molecule has 2 aliphatic carbocycles. The van der Waals surface area contributed by atoms with E-state index in [1.165, 1.54) is 6.07 Å². The van der Waals surface area contributed by atoms with Crippen molar-refractivity contribution < 1.29 is 40.4 Å². The van der Waals surface area contributed by atoms with Crippen molar-refractivity contribution in [3.8, 4) is 0 Å². The van der Waals surface area contributed by atoms with Gasteiger partial charge in [0.05, 0.1) is 10.8 Å². The summed E-state index contributed by atoms with van der Waals surface area (Å²) in [6.07, 6.45) is -2.98. The number of likely N-dealkylation sites (tertiary alicyclic amines) is 2. The molecule has 8 nitrogen and oxygen atoms in total. The minimum Gasteiger partial charge on any atom is -0.314 e. The van der Waals surface area contributed by atoms with Gasteiger partial charge in [-0.15, -0.1) is 0 Å². The molecule has 3 atom stereocenters. The Morgan fingerprint density at radius 3 is 2.23 bits per heavy atom. The third-order valence-corrected chi connectivity index (χ3v) is 11.3. The molecule has 44 heavy (non-hydrogen) atoms. The van der Waals surface area contributed by atoms with Crippen LogP contribution < -0.4 is 0 Å². The van der Waals surface area contributed by atoms with Gasteiger partial charge in [0.2, 0.25) is 0 Å². The summed E-state index contributed by atoms with van der Waals surface area (Å²) >= 11 is 12.4. The first-order valence-electron chi connectivity index (χ1n) is 14.3. The van der Waals surface area contributed by atoms with Gasteiger partial charge in [0, 0.05) is 47.8 Å². The molecule has 0 aromatic heterocycles. The van der Waals surface area contributed by atoms with Gasteiger partial charge >= 0.3 is 18.1 Å².